The second-order valence-corrected chi connectivity index (χ2v) is 4.20. The normalized spacial score (nSPS) is 9.47. The number of hydrogen-bond acceptors (Lipinski definition) is 4. The van der Waals surface area contributed by atoms with Gasteiger partial charge >= 0.3 is 0 Å². The van der Waals surface area contributed by atoms with Gasteiger partial charge in [0.1, 0.15) is 10.3 Å². The van der Waals surface area contributed by atoms with Crippen LogP contribution in [-0.4, -0.2) is 19.9 Å². The number of hydrogen-bond donors (Lipinski definition) is 0. The Kier molecular flexibility index (Phi) is 5.85. The zero-order valence-corrected chi connectivity index (χ0v) is 11.6. The van der Waals surface area contributed by atoms with Crippen molar-refractivity contribution in [2.75, 3.05) is 0 Å². The summed E-state index contributed by atoms with van der Waals surface area (Å²) in [6, 6.07) is 3.21. The predicted molar refractivity (Wildman–Crippen MR) is 68.8 cm³/mol. The second-order valence-electron chi connectivity index (χ2n) is 2.75. The molecule has 17 heavy (non-hydrogen) atoms. The van der Waals surface area contributed by atoms with E-state index in [4.69, 9.17) is 46.4 Å². The summed E-state index contributed by atoms with van der Waals surface area (Å²) < 4.78 is 0. The molecular weight excluding hydrogens is 306 g/mol. The molecule has 2 aromatic heterocycles. The lowest BCUT2D eigenvalue weighted by Crippen LogP contribution is -1.85. The molecule has 0 spiro atoms. The van der Waals surface area contributed by atoms with Crippen LogP contribution in [0, 0.1) is 6.92 Å². The maximum absolute atomic E-state index is 5.51. The van der Waals surface area contributed by atoms with Crippen LogP contribution in [0.25, 0.3) is 0 Å². The van der Waals surface area contributed by atoms with Crippen molar-refractivity contribution < 1.29 is 0 Å². The van der Waals surface area contributed by atoms with Crippen LogP contribution >= 0.6 is 46.4 Å². The Balaban J connectivity index is 0.000000171. The first kappa shape index (κ1) is 14.4. The zero-order chi connectivity index (χ0) is 12.8. The third kappa shape index (κ3) is 5.98. The lowest BCUT2D eigenvalue weighted by molar-refractivity contribution is 1.10. The molecule has 0 fully saturated rings. The van der Waals surface area contributed by atoms with E-state index in [0.717, 1.165) is 5.69 Å². The molecule has 0 amide bonds. The quantitative estimate of drug-likeness (QED) is 0.547. The minimum Gasteiger partial charge on any atom is -0.226 e. The van der Waals surface area contributed by atoms with Crippen LogP contribution in [0.2, 0.25) is 20.9 Å². The van der Waals surface area contributed by atoms with Crippen molar-refractivity contribution in [3.63, 3.8) is 0 Å². The standard InChI is InChI=1S/C5H4Cl2N2.C4H2Cl2N2/c1-3-2-4(6)9-5(7)8-3;5-3-1-2-7-4(6)8-3/h2H,1H3;1-2H. The van der Waals surface area contributed by atoms with E-state index >= 15 is 0 Å². The van der Waals surface area contributed by atoms with Crippen molar-refractivity contribution in [1.29, 1.82) is 0 Å². The van der Waals surface area contributed by atoms with E-state index < -0.39 is 0 Å². The summed E-state index contributed by atoms with van der Waals surface area (Å²) in [5.41, 5.74) is 0.778. The fraction of sp³-hybridized carbons (Fsp3) is 0.111. The summed E-state index contributed by atoms with van der Waals surface area (Å²) in [5, 5.41) is 1.12. The van der Waals surface area contributed by atoms with E-state index in [2.05, 4.69) is 19.9 Å². The fourth-order valence-electron chi connectivity index (χ4n) is 0.810. The fourth-order valence-corrected chi connectivity index (χ4v) is 1.64. The van der Waals surface area contributed by atoms with Crippen molar-refractivity contribution in [3.05, 3.63) is 44.9 Å². The third-order valence-corrected chi connectivity index (χ3v) is 2.14. The van der Waals surface area contributed by atoms with E-state index in [-0.39, 0.29) is 10.6 Å². The van der Waals surface area contributed by atoms with E-state index in [1.54, 1.807) is 19.1 Å². The molecule has 0 radical (unpaired) electrons. The summed E-state index contributed by atoms with van der Waals surface area (Å²) >= 11 is 21.7. The molecule has 2 heterocycles. The van der Waals surface area contributed by atoms with Crippen molar-refractivity contribution in [1.82, 2.24) is 19.9 Å². The van der Waals surface area contributed by atoms with Crippen LogP contribution in [0.5, 0.6) is 0 Å². The van der Waals surface area contributed by atoms with E-state index in [1.807, 2.05) is 0 Å². The van der Waals surface area contributed by atoms with Gasteiger partial charge in [0.15, 0.2) is 0 Å². The number of nitrogens with zero attached hydrogens (tertiary/aromatic N) is 4. The maximum Gasteiger partial charge on any atom is 0.223 e. The molecule has 4 nitrogen and oxygen atoms in total. The minimum atomic E-state index is 0.178. The van der Waals surface area contributed by atoms with Gasteiger partial charge in [-0.05, 0) is 42.3 Å². The van der Waals surface area contributed by atoms with E-state index in [9.17, 15) is 0 Å². The summed E-state index contributed by atoms with van der Waals surface area (Å²) in [4.78, 5) is 14.7. The third-order valence-electron chi connectivity index (χ3n) is 1.39. The first-order valence-electron chi connectivity index (χ1n) is 4.28. The molecule has 0 aliphatic carbocycles. The number of rotatable bonds is 0. The molecule has 0 aromatic carbocycles. The van der Waals surface area contributed by atoms with Crippen LogP contribution < -0.4 is 0 Å². The summed E-state index contributed by atoms with van der Waals surface area (Å²) in [6.07, 6.45) is 1.50. The molecule has 0 atom stereocenters. The summed E-state index contributed by atoms with van der Waals surface area (Å²) in [6.45, 7) is 1.80. The largest absolute Gasteiger partial charge is 0.226 e. The van der Waals surface area contributed by atoms with Gasteiger partial charge < -0.3 is 0 Å². The predicted octanol–water partition coefficient (Wildman–Crippen LogP) is 3.88. The van der Waals surface area contributed by atoms with Crippen LogP contribution in [0.1, 0.15) is 5.69 Å². The lowest BCUT2D eigenvalue weighted by atomic mass is 10.5. The van der Waals surface area contributed by atoms with Gasteiger partial charge in [-0.15, -0.1) is 0 Å². The molecule has 8 heteroatoms. The molecular formula is C9H6Cl4N4. The monoisotopic (exact) mass is 310 g/mol. The Hall–Kier alpha value is -0.680. The maximum atomic E-state index is 5.51. The average Bonchev–Trinajstić information content (AvgIpc) is 2.15. The van der Waals surface area contributed by atoms with Crippen LogP contribution in [0.4, 0.5) is 0 Å². The molecule has 2 aromatic rings. The van der Waals surface area contributed by atoms with Gasteiger partial charge in [-0.1, -0.05) is 23.2 Å². The number of aromatic nitrogens is 4. The van der Waals surface area contributed by atoms with Crippen molar-refractivity contribution in [3.8, 4) is 0 Å². The van der Waals surface area contributed by atoms with Crippen LogP contribution in [-0.2, 0) is 0 Å². The summed E-state index contributed by atoms with van der Waals surface area (Å²) in [7, 11) is 0. The molecule has 90 valence electrons. The molecule has 2 rings (SSSR count). The minimum absolute atomic E-state index is 0.178. The van der Waals surface area contributed by atoms with Crippen molar-refractivity contribution in [2.45, 2.75) is 6.92 Å². The highest BCUT2D eigenvalue weighted by molar-refractivity contribution is 6.32. The molecule has 0 saturated carbocycles. The van der Waals surface area contributed by atoms with Gasteiger partial charge in [0.2, 0.25) is 10.6 Å². The van der Waals surface area contributed by atoms with Gasteiger partial charge in [-0.25, -0.2) is 19.9 Å². The van der Waals surface area contributed by atoms with Crippen LogP contribution in [0.15, 0.2) is 18.3 Å². The van der Waals surface area contributed by atoms with Gasteiger partial charge in [0.25, 0.3) is 0 Å². The second kappa shape index (κ2) is 6.91. The first-order valence-corrected chi connectivity index (χ1v) is 5.79. The highest BCUT2D eigenvalue weighted by Crippen LogP contribution is 2.08. The molecule has 0 aliphatic heterocycles. The molecule has 0 saturated heterocycles. The Bertz CT molecular complexity index is 438. The van der Waals surface area contributed by atoms with Gasteiger partial charge in [0, 0.05) is 11.9 Å². The topological polar surface area (TPSA) is 51.6 Å². The lowest BCUT2D eigenvalue weighted by Gasteiger charge is -1.91. The highest BCUT2D eigenvalue weighted by atomic mass is 35.5. The Morgan fingerprint density at radius 1 is 0.882 bits per heavy atom. The first-order chi connectivity index (χ1) is 7.97. The van der Waals surface area contributed by atoms with Crippen LogP contribution in [0.3, 0.4) is 0 Å². The average molecular weight is 312 g/mol. The highest BCUT2D eigenvalue weighted by Gasteiger charge is 1.94. The molecule has 0 N–H and O–H groups in total. The number of aryl methyl sites for hydroxylation is 1. The van der Waals surface area contributed by atoms with Gasteiger partial charge in [0.05, 0.1) is 0 Å². The molecule has 0 aliphatic rings. The Morgan fingerprint density at radius 2 is 1.53 bits per heavy atom. The smallest absolute Gasteiger partial charge is 0.223 e. The molecule has 0 bridgehead atoms. The van der Waals surface area contributed by atoms with Crippen molar-refractivity contribution in [2.24, 2.45) is 0 Å². The van der Waals surface area contributed by atoms with Gasteiger partial charge in [-0.3, -0.25) is 0 Å². The SMILES string of the molecule is Cc1cc(Cl)nc(Cl)n1.Clc1ccnc(Cl)n1. The van der Waals surface area contributed by atoms with Crippen molar-refractivity contribution >= 4 is 46.4 Å². The zero-order valence-electron chi connectivity index (χ0n) is 8.53. The van der Waals surface area contributed by atoms with Gasteiger partial charge in [-0.2, -0.15) is 0 Å². The Morgan fingerprint density at radius 3 is 1.94 bits per heavy atom. The Labute approximate surface area is 118 Å². The number of halogens is 4. The van der Waals surface area contributed by atoms with E-state index in [1.165, 1.54) is 6.20 Å². The van der Waals surface area contributed by atoms with E-state index in [0.29, 0.717) is 10.3 Å². The molecule has 0 unspecified atom stereocenters. The summed E-state index contributed by atoms with van der Waals surface area (Å²) in [5.74, 6) is 0.